The lowest BCUT2D eigenvalue weighted by Gasteiger charge is -2.22. The van der Waals surface area contributed by atoms with Gasteiger partial charge in [0.1, 0.15) is 5.69 Å². The van der Waals surface area contributed by atoms with E-state index in [0.29, 0.717) is 12.2 Å². The molecule has 0 saturated carbocycles. The van der Waals surface area contributed by atoms with Crippen LogP contribution in [-0.2, 0) is 13.6 Å². The van der Waals surface area contributed by atoms with E-state index in [2.05, 4.69) is 10.1 Å². The summed E-state index contributed by atoms with van der Waals surface area (Å²) in [6, 6.07) is 7.55. The molecule has 0 N–H and O–H groups in total. The van der Waals surface area contributed by atoms with Crippen LogP contribution in [0.25, 0.3) is 0 Å². The largest absolute Gasteiger partial charge is 0.301 e. The maximum Gasteiger partial charge on any atom is 0.276 e. The van der Waals surface area contributed by atoms with E-state index in [9.17, 15) is 4.79 Å². The van der Waals surface area contributed by atoms with Gasteiger partial charge in [0.15, 0.2) is 0 Å². The molecule has 3 aromatic heterocycles. The molecule has 0 spiro atoms. The number of amides is 1. The van der Waals surface area contributed by atoms with E-state index in [4.69, 9.17) is 0 Å². The molecule has 0 aliphatic rings. The number of pyridine rings is 1. The molecule has 3 rings (SSSR count). The lowest BCUT2D eigenvalue weighted by molar-refractivity contribution is 0.0976. The van der Waals surface area contributed by atoms with Crippen molar-refractivity contribution in [3.05, 3.63) is 64.4 Å². The zero-order valence-corrected chi connectivity index (χ0v) is 13.2. The Bertz CT molecular complexity index is 765. The first-order valence-electron chi connectivity index (χ1n) is 6.89. The Hall–Kier alpha value is -2.47. The number of hydrogen-bond donors (Lipinski definition) is 0. The van der Waals surface area contributed by atoms with Gasteiger partial charge >= 0.3 is 0 Å². The summed E-state index contributed by atoms with van der Waals surface area (Å²) in [4.78, 5) is 18.8. The lowest BCUT2D eigenvalue weighted by atomic mass is 10.2. The molecule has 0 radical (unpaired) electrons. The van der Waals surface area contributed by atoms with E-state index in [1.165, 1.54) is 0 Å². The molecular weight excluding hydrogens is 296 g/mol. The normalized spacial score (nSPS) is 10.6. The average molecular weight is 312 g/mol. The van der Waals surface area contributed by atoms with Crippen molar-refractivity contribution in [2.45, 2.75) is 13.5 Å². The highest BCUT2D eigenvalue weighted by Crippen LogP contribution is 2.20. The van der Waals surface area contributed by atoms with E-state index < -0.39 is 0 Å². The average Bonchev–Trinajstić information content (AvgIpc) is 3.14. The summed E-state index contributed by atoms with van der Waals surface area (Å²) in [5.41, 5.74) is 3.27. The summed E-state index contributed by atoms with van der Waals surface area (Å²) in [6.07, 6.45) is 3.40. The van der Waals surface area contributed by atoms with Gasteiger partial charge < -0.3 is 4.90 Å². The molecule has 22 heavy (non-hydrogen) atoms. The molecule has 112 valence electrons. The van der Waals surface area contributed by atoms with Crippen LogP contribution in [0.4, 0.5) is 5.69 Å². The maximum atomic E-state index is 12.9. The zero-order valence-electron chi connectivity index (χ0n) is 12.4. The van der Waals surface area contributed by atoms with Gasteiger partial charge in [-0.25, -0.2) is 0 Å². The van der Waals surface area contributed by atoms with Crippen molar-refractivity contribution in [1.29, 1.82) is 0 Å². The molecule has 0 saturated heterocycles. The van der Waals surface area contributed by atoms with E-state index in [-0.39, 0.29) is 5.91 Å². The predicted octanol–water partition coefficient (Wildman–Crippen LogP) is 3.03. The molecular formula is C16H16N4OS. The Labute approximate surface area is 132 Å². The van der Waals surface area contributed by atoms with Crippen LogP contribution in [0.5, 0.6) is 0 Å². The second-order valence-corrected chi connectivity index (χ2v) is 5.81. The number of carbonyl (C=O) groups is 1. The van der Waals surface area contributed by atoms with E-state index in [0.717, 1.165) is 16.9 Å². The fraction of sp³-hybridized carbons (Fsp3) is 0.188. The molecule has 0 unspecified atom stereocenters. The van der Waals surface area contributed by atoms with Crippen molar-refractivity contribution < 1.29 is 4.79 Å². The van der Waals surface area contributed by atoms with Crippen LogP contribution >= 0.6 is 11.3 Å². The third-order valence-corrected chi connectivity index (χ3v) is 4.08. The maximum absolute atomic E-state index is 12.9. The van der Waals surface area contributed by atoms with Gasteiger partial charge in [-0.3, -0.25) is 14.5 Å². The highest BCUT2D eigenvalue weighted by molar-refractivity contribution is 7.07. The predicted molar refractivity (Wildman–Crippen MR) is 87.0 cm³/mol. The van der Waals surface area contributed by atoms with Gasteiger partial charge in [0.25, 0.3) is 5.91 Å². The summed E-state index contributed by atoms with van der Waals surface area (Å²) in [5.74, 6) is -0.0812. The van der Waals surface area contributed by atoms with Crippen LogP contribution in [0.1, 0.15) is 21.7 Å². The van der Waals surface area contributed by atoms with Gasteiger partial charge in [0.05, 0.1) is 24.1 Å². The van der Waals surface area contributed by atoms with Crippen LogP contribution in [0.15, 0.2) is 47.4 Å². The molecule has 3 aromatic rings. The smallest absolute Gasteiger partial charge is 0.276 e. The molecule has 0 aromatic carbocycles. The van der Waals surface area contributed by atoms with E-state index >= 15 is 0 Å². The monoisotopic (exact) mass is 312 g/mol. The third kappa shape index (κ3) is 2.92. The summed E-state index contributed by atoms with van der Waals surface area (Å²) in [6.45, 7) is 2.39. The highest BCUT2D eigenvalue weighted by Gasteiger charge is 2.21. The Morgan fingerprint density at radius 2 is 2.27 bits per heavy atom. The van der Waals surface area contributed by atoms with Crippen molar-refractivity contribution in [2.24, 2.45) is 7.05 Å². The molecule has 5 nitrogen and oxygen atoms in total. The minimum Gasteiger partial charge on any atom is -0.301 e. The SMILES string of the molecule is Cc1cc(C(=O)N(Cc2ccsc2)c2cccnc2)n(C)n1. The van der Waals surface area contributed by atoms with Gasteiger partial charge in [-0.05, 0) is 47.5 Å². The second-order valence-electron chi connectivity index (χ2n) is 5.03. The Morgan fingerprint density at radius 1 is 1.41 bits per heavy atom. The van der Waals surface area contributed by atoms with Crippen molar-refractivity contribution >= 4 is 22.9 Å². The van der Waals surface area contributed by atoms with Crippen molar-refractivity contribution in [2.75, 3.05) is 4.90 Å². The molecule has 0 atom stereocenters. The zero-order chi connectivity index (χ0) is 15.5. The third-order valence-electron chi connectivity index (χ3n) is 3.34. The standard InChI is InChI=1S/C16H16N4OS/c1-12-8-15(19(2)18-12)16(21)20(10-13-5-7-22-11-13)14-4-3-6-17-9-14/h3-9,11H,10H2,1-2H3. The van der Waals surface area contributed by atoms with Crippen LogP contribution in [-0.4, -0.2) is 20.7 Å². The number of carbonyl (C=O) groups excluding carboxylic acids is 1. The second kappa shape index (κ2) is 6.11. The van der Waals surface area contributed by atoms with Gasteiger partial charge in [0, 0.05) is 13.2 Å². The molecule has 0 aliphatic heterocycles. The van der Waals surface area contributed by atoms with Gasteiger partial charge in [-0.15, -0.1) is 0 Å². The van der Waals surface area contributed by atoms with Crippen LogP contribution < -0.4 is 4.90 Å². The van der Waals surface area contributed by atoms with E-state index in [1.54, 1.807) is 46.4 Å². The van der Waals surface area contributed by atoms with Gasteiger partial charge in [0.2, 0.25) is 0 Å². The minimum absolute atomic E-state index is 0.0812. The number of aryl methyl sites for hydroxylation is 2. The topological polar surface area (TPSA) is 51.0 Å². The first-order valence-corrected chi connectivity index (χ1v) is 7.83. The Balaban J connectivity index is 1.97. The number of thiophene rings is 1. The summed E-state index contributed by atoms with van der Waals surface area (Å²) in [7, 11) is 1.78. The quantitative estimate of drug-likeness (QED) is 0.744. The molecule has 3 heterocycles. The lowest BCUT2D eigenvalue weighted by Crippen LogP contribution is -2.31. The highest BCUT2D eigenvalue weighted by atomic mass is 32.1. The number of hydrogen-bond acceptors (Lipinski definition) is 4. The fourth-order valence-corrected chi connectivity index (χ4v) is 2.97. The van der Waals surface area contributed by atoms with Crippen LogP contribution in [0.3, 0.4) is 0 Å². The Morgan fingerprint density at radius 3 is 2.86 bits per heavy atom. The molecule has 0 aliphatic carbocycles. The summed E-state index contributed by atoms with van der Waals surface area (Å²) in [5, 5.41) is 8.32. The van der Waals surface area contributed by atoms with Gasteiger partial charge in [-0.1, -0.05) is 0 Å². The number of anilines is 1. The molecule has 0 fully saturated rings. The van der Waals surface area contributed by atoms with Crippen molar-refractivity contribution in [3.8, 4) is 0 Å². The summed E-state index contributed by atoms with van der Waals surface area (Å²) < 4.78 is 1.62. The number of rotatable bonds is 4. The molecule has 6 heteroatoms. The first-order chi connectivity index (χ1) is 10.6. The number of aromatic nitrogens is 3. The van der Waals surface area contributed by atoms with E-state index in [1.807, 2.05) is 35.9 Å². The van der Waals surface area contributed by atoms with Crippen LogP contribution in [0, 0.1) is 6.92 Å². The van der Waals surface area contributed by atoms with Crippen molar-refractivity contribution in [1.82, 2.24) is 14.8 Å². The summed E-state index contributed by atoms with van der Waals surface area (Å²) >= 11 is 1.62. The van der Waals surface area contributed by atoms with Crippen molar-refractivity contribution in [3.63, 3.8) is 0 Å². The molecule has 0 bridgehead atoms. The number of nitrogens with zero attached hydrogens (tertiary/aromatic N) is 4. The molecule has 1 amide bonds. The van der Waals surface area contributed by atoms with Gasteiger partial charge in [-0.2, -0.15) is 16.4 Å². The fourth-order valence-electron chi connectivity index (χ4n) is 2.31. The first kappa shape index (κ1) is 14.5. The Kier molecular flexibility index (Phi) is 4.02. The minimum atomic E-state index is -0.0812. The van der Waals surface area contributed by atoms with Crippen LogP contribution in [0.2, 0.25) is 0 Å².